The fraction of sp³-hybridized carbons (Fsp3) is 0.800. The maximum absolute atomic E-state index is 10.6. The van der Waals surface area contributed by atoms with Crippen molar-refractivity contribution in [1.82, 2.24) is 5.32 Å². The number of hydrogen-bond donors (Lipinski definition) is 3. The molecule has 0 rings (SSSR count). The van der Waals surface area contributed by atoms with Gasteiger partial charge in [0.25, 0.3) is 0 Å². The number of aliphatic hydroxyl groups is 1. The summed E-state index contributed by atoms with van der Waals surface area (Å²) < 4.78 is 0. The fourth-order valence-electron chi connectivity index (χ4n) is 0.375. The average molecular weight is 149 g/mol. The lowest BCUT2D eigenvalue weighted by Gasteiger charge is -2.05. The zero-order valence-electron chi connectivity index (χ0n) is 5.29. The van der Waals surface area contributed by atoms with E-state index in [0.29, 0.717) is 6.54 Å². The van der Waals surface area contributed by atoms with Crippen molar-refractivity contribution in [3.05, 3.63) is 0 Å². The minimum Gasteiger partial charge on any atom is -0.382 e. The van der Waals surface area contributed by atoms with E-state index in [4.69, 9.17) is 5.11 Å². The van der Waals surface area contributed by atoms with Crippen molar-refractivity contribution in [3.63, 3.8) is 0 Å². The van der Waals surface area contributed by atoms with Crippen LogP contribution in [0.1, 0.15) is 6.92 Å². The second-order valence-electron chi connectivity index (χ2n) is 1.59. The van der Waals surface area contributed by atoms with E-state index in [9.17, 15) is 4.79 Å². The van der Waals surface area contributed by atoms with E-state index >= 15 is 0 Å². The number of amides is 1. The predicted molar refractivity (Wildman–Crippen MR) is 38.5 cm³/mol. The maximum Gasteiger partial charge on any atom is 0.249 e. The lowest BCUT2D eigenvalue weighted by atomic mass is 10.4. The molecule has 0 spiro atoms. The van der Waals surface area contributed by atoms with Gasteiger partial charge in [0.2, 0.25) is 5.91 Å². The Labute approximate surface area is 59.9 Å². The molecular weight excluding hydrogens is 138 g/mol. The van der Waals surface area contributed by atoms with Crippen molar-refractivity contribution in [1.29, 1.82) is 0 Å². The number of rotatable bonds is 3. The van der Waals surface area contributed by atoms with Gasteiger partial charge in [-0.3, -0.25) is 4.79 Å². The van der Waals surface area contributed by atoms with E-state index in [2.05, 4.69) is 17.9 Å². The largest absolute Gasteiger partial charge is 0.382 e. The Kier molecular flexibility index (Phi) is 4.53. The second kappa shape index (κ2) is 4.64. The number of likely N-dealkylation sites (N-methyl/N-ethyl adjacent to an activating group) is 1. The predicted octanol–water partition coefficient (Wildman–Crippen LogP) is -0.587. The van der Waals surface area contributed by atoms with Crippen LogP contribution in [0.2, 0.25) is 0 Å². The number of carbonyl (C=O) groups excluding carboxylic acids is 1. The summed E-state index contributed by atoms with van der Waals surface area (Å²) in [7, 11) is 0. The Morgan fingerprint density at radius 3 is 2.78 bits per heavy atom. The molecule has 0 saturated carbocycles. The van der Waals surface area contributed by atoms with Crippen LogP contribution in [0.25, 0.3) is 0 Å². The van der Waals surface area contributed by atoms with Crippen molar-refractivity contribution in [3.8, 4) is 0 Å². The quantitative estimate of drug-likeness (QED) is 0.470. The molecular formula is C5H11NO2S. The van der Waals surface area contributed by atoms with Crippen molar-refractivity contribution < 1.29 is 9.90 Å². The molecule has 54 valence electrons. The first-order chi connectivity index (χ1) is 4.22. The van der Waals surface area contributed by atoms with Crippen LogP contribution >= 0.6 is 12.6 Å². The Hall–Kier alpha value is -0.220. The molecule has 1 atom stereocenters. The lowest BCUT2D eigenvalue weighted by molar-refractivity contribution is -0.128. The highest BCUT2D eigenvalue weighted by Gasteiger charge is 2.09. The van der Waals surface area contributed by atoms with E-state index in [1.165, 1.54) is 0 Å². The minimum atomic E-state index is -0.965. The van der Waals surface area contributed by atoms with Gasteiger partial charge >= 0.3 is 0 Å². The summed E-state index contributed by atoms with van der Waals surface area (Å²) in [6, 6.07) is 0. The number of aliphatic hydroxyl groups excluding tert-OH is 1. The van der Waals surface area contributed by atoms with Crippen molar-refractivity contribution in [2.24, 2.45) is 0 Å². The van der Waals surface area contributed by atoms with E-state index in [1.54, 1.807) is 6.92 Å². The molecule has 0 aromatic heterocycles. The summed E-state index contributed by atoms with van der Waals surface area (Å²) in [5.74, 6) is -0.182. The van der Waals surface area contributed by atoms with Gasteiger partial charge in [0.1, 0.15) is 6.10 Å². The molecule has 1 amide bonds. The van der Waals surface area contributed by atoms with E-state index < -0.39 is 6.10 Å². The normalized spacial score (nSPS) is 12.8. The molecule has 0 heterocycles. The zero-order valence-corrected chi connectivity index (χ0v) is 6.19. The van der Waals surface area contributed by atoms with Gasteiger partial charge < -0.3 is 10.4 Å². The number of hydrogen-bond acceptors (Lipinski definition) is 3. The Balaban J connectivity index is 3.46. The van der Waals surface area contributed by atoms with Crippen molar-refractivity contribution in [2.75, 3.05) is 12.3 Å². The van der Waals surface area contributed by atoms with E-state index in [0.717, 1.165) is 0 Å². The highest BCUT2D eigenvalue weighted by Crippen LogP contribution is 1.85. The van der Waals surface area contributed by atoms with Crippen LogP contribution in [0.3, 0.4) is 0 Å². The summed E-state index contributed by atoms with van der Waals surface area (Å²) in [4.78, 5) is 10.6. The number of thiol groups is 1. The van der Waals surface area contributed by atoms with Gasteiger partial charge in [-0.2, -0.15) is 12.6 Å². The first-order valence-electron chi connectivity index (χ1n) is 2.79. The summed E-state index contributed by atoms with van der Waals surface area (Å²) in [6.07, 6.45) is -0.965. The van der Waals surface area contributed by atoms with Crippen LogP contribution in [0.4, 0.5) is 0 Å². The van der Waals surface area contributed by atoms with Crippen LogP contribution in [-0.2, 0) is 4.79 Å². The summed E-state index contributed by atoms with van der Waals surface area (Å²) in [5.41, 5.74) is 0. The summed E-state index contributed by atoms with van der Waals surface area (Å²) in [5, 5.41) is 11.2. The molecule has 0 aromatic rings. The molecule has 0 radical (unpaired) electrons. The smallest absolute Gasteiger partial charge is 0.249 e. The minimum absolute atomic E-state index is 0.172. The summed E-state index contributed by atoms with van der Waals surface area (Å²) >= 11 is 3.74. The third kappa shape index (κ3) is 3.37. The molecule has 1 unspecified atom stereocenters. The Morgan fingerprint density at radius 2 is 2.44 bits per heavy atom. The van der Waals surface area contributed by atoms with Crippen LogP contribution in [-0.4, -0.2) is 29.4 Å². The Morgan fingerprint density at radius 1 is 1.89 bits per heavy atom. The first-order valence-corrected chi connectivity index (χ1v) is 3.42. The monoisotopic (exact) mass is 149 g/mol. The lowest BCUT2D eigenvalue weighted by Crippen LogP contribution is -2.35. The molecule has 2 N–H and O–H groups in total. The second-order valence-corrected chi connectivity index (χ2v) is 1.96. The molecule has 0 aromatic carbocycles. The topological polar surface area (TPSA) is 49.3 Å². The van der Waals surface area contributed by atoms with Crippen molar-refractivity contribution >= 4 is 18.5 Å². The third-order valence-corrected chi connectivity index (χ3v) is 1.17. The van der Waals surface area contributed by atoms with Crippen LogP contribution < -0.4 is 5.32 Å². The first kappa shape index (κ1) is 8.78. The van der Waals surface area contributed by atoms with Gasteiger partial charge in [0.15, 0.2) is 0 Å². The van der Waals surface area contributed by atoms with Crippen LogP contribution in [0.15, 0.2) is 0 Å². The maximum atomic E-state index is 10.6. The molecule has 0 saturated heterocycles. The van der Waals surface area contributed by atoms with E-state index in [-0.39, 0.29) is 11.7 Å². The van der Waals surface area contributed by atoms with Gasteiger partial charge in [-0.05, 0) is 6.92 Å². The average Bonchev–Trinajstić information content (AvgIpc) is 1.87. The SMILES string of the molecule is CCNC(=O)C(O)CS. The summed E-state index contributed by atoms with van der Waals surface area (Å²) in [6.45, 7) is 2.34. The molecule has 0 aliphatic carbocycles. The molecule has 3 nitrogen and oxygen atoms in total. The number of nitrogens with one attached hydrogen (secondary N) is 1. The third-order valence-electron chi connectivity index (χ3n) is 0.827. The van der Waals surface area contributed by atoms with Crippen molar-refractivity contribution in [2.45, 2.75) is 13.0 Å². The highest BCUT2D eigenvalue weighted by atomic mass is 32.1. The standard InChI is InChI=1S/C5H11NO2S/c1-2-6-5(8)4(7)3-9/h4,7,9H,2-3H2,1H3,(H,6,8). The molecule has 4 heteroatoms. The molecule has 0 aliphatic rings. The van der Waals surface area contributed by atoms with Gasteiger partial charge in [0.05, 0.1) is 0 Å². The van der Waals surface area contributed by atoms with E-state index in [1.807, 2.05) is 0 Å². The molecule has 0 fully saturated rings. The zero-order chi connectivity index (χ0) is 7.28. The van der Waals surface area contributed by atoms with Crippen LogP contribution in [0.5, 0.6) is 0 Å². The van der Waals surface area contributed by atoms with Gasteiger partial charge in [0, 0.05) is 12.3 Å². The highest BCUT2D eigenvalue weighted by molar-refractivity contribution is 7.80. The fourth-order valence-corrected chi connectivity index (χ4v) is 0.541. The molecule has 0 aliphatic heterocycles. The van der Waals surface area contributed by atoms with Gasteiger partial charge in [-0.15, -0.1) is 0 Å². The number of carbonyl (C=O) groups is 1. The molecule has 9 heavy (non-hydrogen) atoms. The molecule has 0 bridgehead atoms. The van der Waals surface area contributed by atoms with Gasteiger partial charge in [-0.1, -0.05) is 0 Å². The van der Waals surface area contributed by atoms with Gasteiger partial charge in [-0.25, -0.2) is 0 Å². The Bertz CT molecular complexity index is 97.0. The van der Waals surface area contributed by atoms with Crippen LogP contribution in [0, 0.1) is 0 Å².